The molecule has 1 unspecified atom stereocenters. The largest absolute Gasteiger partial charge is 0.339 e. The van der Waals surface area contributed by atoms with E-state index in [1.807, 2.05) is 11.8 Å². The Morgan fingerprint density at radius 1 is 1.47 bits per heavy atom. The molecule has 0 bridgehead atoms. The van der Waals surface area contributed by atoms with E-state index in [0.717, 1.165) is 31.7 Å². The fourth-order valence-corrected chi connectivity index (χ4v) is 3.81. The van der Waals surface area contributed by atoms with E-state index < -0.39 is 0 Å². The van der Waals surface area contributed by atoms with Crippen LogP contribution in [0.15, 0.2) is 0 Å². The molecule has 3 atom stereocenters. The van der Waals surface area contributed by atoms with E-state index in [1.165, 1.54) is 12.8 Å². The third kappa shape index (κ3) is 3.16. The van der Waals surface area contributed by atoms with Crippen molar-refractivity contribution in [3.63, 3.8) is 0 Å². The van der Waals surface area contributed by atoms with Crippen molar-refractivity contribution in [3.05, 3.63) is 0 Å². The van der Waals surface area contributed by atoms with Gasteiger partial charge in [0.15, 0.2) is 0 Å². The highest BCUT2D eigenvalue weighted by molar-refractivity contribution is 7.98. The van der Waals surface area contributed by atoms with Gasteiger partial charge in [-0.15, -0.1) is 0 Å². The molecule has 2 aliphatic rings. The molecule has 2 fully saturated rings. The number of amides is 1. The van der Waals surface area contributed by atoms with Gasteiger partial charge in [-0.1, -0.05) is 0 Å². The molecule has 17 heavy (non-hydrogen) atoms. The normalized spacial score (nSPS) is 34.0. The molecule has 2 heterocycles. The zero-order valence-corrected chi connectivity index (χ0v) is 11.8. The van der Waals surface area contributed by atoms with Crippen molar-refractivity contribution in [2.45, 2.75) is 44.7 Å². The summed E-state index contributed by atoms with van der Waals surface area (Å²) in [5.74, 6) is 1.80. The minimum atomic E-state index is 0.272. The predicted molar refractivity (Wildman–Crippen MR) is 73.3 cm³/mol. The molecular weight excluding hydrogens is 232 g/mol. The van der Waals surface area contributed by atoms with Gasteiger partial charge in [-0.3, -0.25) is 4.79 Å². The second-order valence-electron chi connectivity index (χ2n) is 5.36. The summed E-state index contributed by atoms with van der Waals surface area (Å²) in [6.07, 6.45) is 6.56. The predicted octanol–water partition coefficient (Wildman–Crippen LogP) is 1.73. The molecule has 1 amide bonds. The average Bonchev–Trinajstić information content (AvgIpc) is 2.77. The van der Waals surface area contributed by atoms with Gasteiger partial charge in [0, 0.05) is 30.3 Å². The van der Waals surface area contributed by atoms with Gasteiger partial charge in [-0.05, 0) is 45.4 Å². The van der Waals surface area contributed by atoms with E-state index in [4.69, 9.17) is 0 Å². The quantitative estimate of drug-likeness (QED) is 0.834. The van der Waals surface area contributed by atoms with E-state index in [2.05, 4.69) is 23.4 Å². The lowest BCUT2D eigenvalue weighted by Crippen LogP contribution is -2.46. The first-order valence-electron chi connectivity index (χ1n) is 6.75. The van der Waals surface area contributed by atoms with Crippen molar-refractivity contribution in [1.82, 2.24) is 10.2 Å². The van der Waals surface area contributed by atoms with Crippen molar-refractivity contribution in [2.24, 2.45) is 5.92 Å². The van der Waals surface area contributed by atoms with Crippen molar-refractivity contribution in [3.8, 4) is 0 Å². The number of carbonyl (C=O) groups excluding carboxylic acids is 1. The zero-order chi connectivity index (χ0) is 12.3. The maximum Gasteiger partial charge on any atom is 0.226 e. The fourth-order valence-electron chi connectivity index (χ4n) is 3.08. The van der Waals surface area contributed by atoms with Gasteiger partial charge in [0.1, 0.15) is 0 Å². The topological polar surface area (TPSA) is 32.3 Å². The van der Waals surface area contributed by atoms with Crippen LogP contribution in [0.4, 0.5) is 0 Å². The summed E-state index contributed by atoms with van der Waals surface area (Å²) in [6, 6.07) is 1.00. The first-order chi connectivity index (χ1) is 8.22. The molecule has 0 spiro atoms. The van der Waals surface area contributed by atoms with Crippen molar-refractivity contribution < 1.29 is 4.79 Å². The second kappa shape index (κ2) is 6.10. The van der Waals surface area contributed by atoms with Crippen molar-refractivity contribution in [2.75, 3.05) is 25.1 Å². The molecular formula is C13H24N2OS. The summed E-state index contributed by atoms with van der Waals surface area (Å²) >= 11 is 1.86. The summed E-state index contributed by atoms with van der Waals surface area (Å²) in [7, 11) is 0. The van der Waals surface area contributed by atoms with Crippen LogP contribution < -0.4 is 5.32 Å². The van der Waals surface area contributed by atoms with Crippen LogP contribution in [0, 0.1) is 5.92 Å². The molecule has 0 radical (unpaired) electrons. The fraction of sp³-hybridized carbons (Fsp3) is 0.923. The molecule has 1 N–H and O–H groups in total. The highest BCUT2D eigenvalue weighted by atomic mass is 32.2. The summed E-state index contributed by atoms with van der Waals surface area (Å²) in [6.45, 7) is 4.17. The lowest BCUT2D eigenvalue weighted by Gasteiger charge is -2.33. The van der Waals surface area contributed by atoms with E-state index >= 15 is 0 Å². The zero-order valence-electron chi connectivity index (χ0n) is 10.9. The molecule has 0 aliphatic carbocycles. The molecule has 2 rings (SSSR count). The summed E-state index contributed by atoms with van der Waals surface area (Å²) in [5, 5.41) is 3.42. The summed E-state index contributed by atoms with van der Waals surface area (Å²) in [5.41, 5.74) is 0. The van der Waals surface area contributed by atoms with E-state index in [-0.39, 0.29) is 5.92 Å². The summed E-state index contributed by atoms with van der Waals surface area (Å²) in [4.78, 5) is 14.7. The molecule has 0 aromatic carbocycles. The first-order valence-corrected chi connectivity index (χ1v) is 8.14. The van der Waals surface area contributed by atoms with Crippen LogP contribution >= 0.6 is 11.8 Å². The number of hydrogen-bond donors (Lipinski definition) is 1. The Bertz CT molecular complexity index is 272. The standard InChI is InChI=1S/C13H24N2OS/c1-10-8-11(5-6-14-10)13(16)15-7-3-4-12(15)9-17-2/h10-12,14H,3-9H2,1-2H3/t10-,11-,12?/m0/s1. The maximum atomic E-state index is 12.5. The minimum Gasteiger partial charge on any atom is -0.339 e. The monoisotopic (exact) mass is 256 g/mol. The average molecular weight is 256 g/mol. The van der Waals surface area contributed by atoms with Gasteiger partial charge in [0.25, 0.3) is 0 Å². The maximum absolute atomic E-state index is 12.5. The second-order valence-corrected chi connectivity index (χ2v) is 6.27. The molecule has 0 saturated carbocycles. The van der Waals surface area contributed by atoms with Crippen LogP contribution in [0.2, 0.25) is 0 Å². The number of piperidine rings is 1. The van der Waals surface area contributed by atoms with Crippen LogP contribution in [-0.4, -0.2) is 48.0 Å². The number of hydrogen-bond acceptors (Lipinski definition) is 3. The number of nitrogens with zero attached hydrogens (tertiary/aromatic N) is 1. The number of thioether (sulfide) groups is 1. The van der Waals surface area contributed by atoms with Crippen molar-refractivity contribution in [1.29, 1.82) is 0 Å². The molecule has 2 aliphatic heterocycles. The Kier molecular flexibility index (Phi) is 4.74. The molecule has 98 valence electrons. The highest BCUT2D eigenvalue weighted by Crippen LogP contribution is 2.26. The molecule has 2 saturated heterocycles. The Morgan fingerprint density at radius 3 is 3.00 bits per heavy atom. The van der Waals surface area contributed by atoms with E-state index in [1.54, 1.807) is 0 Å². The number of rotatable bonds is 3. The molecule has 0 aromatic heterocycles. The van der Waals surface area contributed by atoms with Gasteiger partial charge in [-0.25, -0.2) is 0 Å². The molecule has 4 heteroatoms. The number of carbonyl (C=O) groups is 1. The lowest BCUT2D eigenvalue weighted by atomic mass is 9.92. The SMILES string of the molecule is CSCC1CCCN1C(=O)[C@H]1CCN[C@@H](C)C1. The molecule has 3 nitrogen and oxygen atoms in total. The smallest absolute Gasteiger partial charge is 0.226 e. The number of likely N-dealkylation sites (tertiary alicyclic amines) is 1. The van der Waals surface area contributed by atoms with Crippen LogP contribution in [0.3, 0.4) is 0 Å². The minimum absolute atomic E-state index is 0.272. The Balaban J connectivity index is 1.93. The van der Waals surface area contributed by atoms with Gasteiger partial charge < -0.3 is 10.2 Å². The van der Waals surface area contributed by atoms with Crippen LogP contribution in [0.1, 0.15) is 32.6 Å². The third-order valence-electron chi connectivity index (χ3n) is 3.99. The lowest BCUT2D eigenvalue weighted by molar-refractivity contribution is -0.137. The third-order valence-corrected chi connectivity index (χ3v) is 4.71. The van der Waals surface area contributed by atoms with Crippen molar-refractivity contribution >= 4 is 17.7 Å². The van der Waals surface area contributed by atoms with Crippen LogP contribution in [0.5, 0.6) is 0 Å². The molecule has 0 aromatic rings. The van der Waals surface area contributed by atoms with Gasteiger partial charge in [0.05, 0.1) is 0 Å². The Morgan fingerprint density at radius 2 is 2.29 bits per heavy atom. The number of nitrogens with one attached hydrogen (secondary N) is 1. The van der Waals surface area contributed by atoms with E-state index in [0.29, 0.717) is 18.0 Å². The first kappa shape index (κ1) is 13.2. The van der Waals surface area contributed by atoms with Crippen LogP contribution in [0.25, 0.3) is 0 Å². The van der Waals surface area contributed by atoms with Gasteiger partial charge in [0.2, 0.25) is 5.91 Å². The van der Waals surface area contributed by atoms with Crippen LogP contribution in [-0.2, 0) is 4.79 Å². The highest BCUT2D eigenvalue weighted by Gasteiger charge is 2.34. The van der Waals surface area contributed by atoms with E-state index in [9.17, 15) is 4.79 Å². The Labute approximate surface area is 109 Å². The van der Waals surface area contributed by atoms with Gasteiger partial charge >= 0.3 is 0 Å². The summed E-state index contributed by atoms with van der Waals surface area (Å²) < 4.78 is 0. The Hall–Kier alpha value is -0.220. The van der Waals surface area contributed by atoms with Gasteiger partial charge in [-0.2, -0.15) is 11.8 Å².